The van der Waals surface area contributed by atoms with E-state index in [4.69, 9.17) is 0 Å². The number of rotatable bonds is 5. The number of nitrogens with zero attached hydrogens (tertiary/aromatic N) is 1. The first-order chi connectivity index (χ1) is 10.7. The lowest BCUT2D eigenvalue weighted by Crippen LogP contribution is -2.37. The zero-order chi connectivity index (χ0) is 15.8. The van der Waals surface area contributed by atoms with Crippen molar-refractivity contribution in [3.63, 3.8) is 0 Å². The third-order valence-corrected chi connectivity index (χ3v) is 4.44. The molecule has 0 heterocycles. The van der Waals surface area contributed by atoms with E-state index in [1.807, 2.05) is 12.1 Å². The molecule has 2 N–H and O–H groups in total. The van der Waals surface area contributed by atoms with E-state index < -0.39 is 0 Å². The van der Waals surface area contributed by atoms with E-state index >= 15 is 0 Å². The maximum Gasteiger partial charge on any atom is 0.319 e. The van der Waals surface area contributed by atoms with Crippen LogP contribution >= 0.6 is 0 Å². The molecule has 1 fully saturated rings. The number of amides is 2. The molecule has 4 nitrogen and oxygen atoms in total. The van der Waals surface area contributed by atoms with Crippen LogP contribution < -0.4 is 15.5 Å². The van der Waals surface area contributed by atoms with E-state index in [-0.39, 0.29) is 6.03 Å². The fourth-order valence-electron chi connectivity index (χ4n) is 3.12. The fourth-order valence-corrected chi connectivity index (χ4v) is 3.12. The van der Waals surface area contributed by atoms with Gasteiger partial charge < -0.3 is 15.5 Å². The summed E-state index contributed by atoms with van der Waals surface area (Å²) in [5.41, 5.74) is 2.04. The second-order valence-electron chi connectivity index (χ2n) is 6.01. The van der Waals surface area contributed by atoms with Crippen molar-refractivity contribution in [2.75, 3.05) is 23.3 Å². The van der Waals surface area contributed by atoms with Crippen LogP contribution in [-0.4, -0.2) is 25.2 Å². The first-order valence-electron chi connectivity index (χ1n) is 8.65. The fraction of sp³-hybridized carbons (Fsp3) is 0.611. The van der Waals surface area contributed by atoms with E-state index in [1.54, 1.807) is 0 Å². The van der Waals surface area contributed by atoms with Crippen LogP contribution in [-0.2, 0) is 0 Å². The van der Waals surface area contributed by atoms with Crippen molar-refractivity contribution in [1.82, 2.24) is 5.32 Å². The number of urea groups is 1. The Bertz CT molecular complexity index is 446. The molecule has 0 saturated heterocycles. The minimum Gasteiger partial charge on any atom is -0.372 e. The molecule has 0 spiro atoms. The summed E-state index contributed by atoms with van der Waals surface area (Å²) in [5, 5.41) is 6.05. The minimum atomic E-state index is -0.0810. The van der Waals surface area contributed by atoms with Crippen molar-refractivity contribution in [1.29, 1.82) is 0 Å². The van der Waals surface area contributed by atoms with Gasteiger partial charge in [0, 0.05) is 30.5 Å². The maximum atomic E-state index is 12.1. The van der Waals surface area contributed by atoms with E-state index in [0.29, 0.717) is 6.04 Å². The summed E-state index contributed by atoms with van der Waals surface area (Å²) < 4.78 is 0. The summed E-state index contributed by atoms with van der Waals surface area (Å²) in [7, 11) is 0. The quantitative estimate of drug-likeness (QED) is 0.793. The lowest BCUT2D eigenvalue weighted by atomic mass is 10.1. The topological polar surface area (TPSA) is 44.4 Å². The van der Waals surface area contributed by atoms with Crippen LogP contribution in [0.5, 0.6) is 0 Å². The van der Waals surface area contributed by atoms with E-state index in [0.717, 1.165) is 31.6 Å². The summed E-state index contributed by atoms with van der Waals surface area (Å²) >= 11 is 0. The molecule has 1 saturated carbocycles. The van der Waals surface area contributed by atoms with E-state index in [2.05, 4.69) is 41.5 Å². The molecule has 1 aliphatic carbocycles. The van der Waals surface area contributed by atoms with Crippen molar-refractivity contribution in [3.05, 3.63) is 24.3 Å². The number of benzene rings is 1. The molecule has 0 aliphatic heterocycles. The van der Waals surface area contributed by atoms with E-state index in [1.165, 1.54) is 31.4 Å². The van der Waals surface area contributed by atoms with Crippen LogP contribution in [0.15, 0.2) is 24.3 Å². The second-order valence-corrected chi connectivity index (χ2v) is 6.01. The molecule has 4 heteroatoms. The highest BCUT2D eigenvalue weighted by Gasteiger charge is 2.14. The largest absolute Gasteiger partial charge is 0.372 e. The van der Waals surface area contributed by atoms with Crippen molar-refractivity contribution in [2.24, 2.45) is 0 Å². The smallest absolute Gasteiger partial charge is 0.319 e. The number of nitrogens with one attached hydrogen (secondary N) is 2. The highest BCUT2D eigenvalue weighted by atomic mass is 16.2. The highest BCUT2D eigenvalue weighted by Crippen LogP contribution is 2.19. The Morgan fingerprint density at radius 1 is 1.05 bits per heavy atom. The molecule has 0 unspecified atom stereocenters. The predicted octanol–water partition coefficient (Wildman–Crippen LogP) is 4.38. The normalized spacial score (nSPS) is 15.9. The van der Waals surface area contributed by atoms with Crippen molar-refractivity contribution < 1.29 is 4.79 Å². The summed E-state index contributed by atoms with van der Waals surface area (Å²) in [4.78, 5) is 14.4. The molecule has 0 aromatic heterocycles. The minimum absolute atomic E-state index is 0.0810. The van der Waals surface area contributed by atoms with Crippen molar-refractivity contribution >= 4 is 17.4 Å². The summed E-state index contributed by atoms with van der Waals surface area (Å²) in [6.45, 7) is 6.28. The lowest BCUT2D eigenvalue weighted by molar-refractivity contribution is 0.247. The molecule has 1 aliphatic rings. The molecule has 22 heavy (non-hydrogen) atoms. The molecule has 122 valence electrons. The molecule has 0 atom stereocenters. The summed E-state index contributed by atoms with van der Waals surface area (Å²) in [6.07, 6.45) is 7.26. The van der Waals surface area contributed by atoms with Crippen LogP contribution in [0.2, 0.25) is 0 Å². The number of carbonyl (C=O) groups excluding carboxylic acids is 1. The number of anilines is 2. The average molecular weight is 303 g/mol. The molecule has 1 aromatic rings. The number of hydrogen-bond donors (Lipinski definition) is 2. The Hall–Kier alpha value is -1.71. The Morgan fingerprint density at radius 3 is 2.18 bits per heavy atom. The van der Waals surface area contributed by atoms with Gasteiger partial charge in [-0.2, -0.15) is 0 Å². The summed E-state index contributed by atoms with van der Waals surface area (Å²) in [6, 6.07) is 8.32. The molecule has 1 aromatic carbocycles. The first kappa shape index (κ1) is 16.7. The van der Waals surface area contributed by atoms with Gasteiger partial charge in [0.05, 0.1) is 0 Å². The Balaban J connectivity index is 1.85. The number of carbonyl (C=O) groups is 1. The van der Waals surface area contributed by atoms with Gasteiger partial charge in [0.15, 0.2) is 0 Å². The van der Waals surface area contributed by atoms with Crippen molar-refractivity contribution in [2.45, 2.75) is 58.4 Å². The lowest BCUT2D eigenvalue weighted by Gasteiger charge is -2.21. The Morgan fingerprint density at radius 2 is 1.64 bits per heavy atom. The van der Waals surface area contributed by atoms with E-state index in [9.17, 15) is 4.79 Å². The van der Waals surface area contributed by atoms with Crippen LogP contribution in [0.25, 0.3) is 0 Å². The predicted molar refractivity (Wildman–Crippen MR) is 93.6 cm³/mol. The van der Waals surface area contributed by atoms with Gasteiger partial charge >= 0.3 is 6.03 Å². The van der Waals surface area contributed by atoms with Gasteiger partial charge in [-0.05, 0) is 51.0 Å². The average Bonchev–Trinajstić information content (AvgIpc) is 2.78. The van der Waals surface area contributed by atoms with Crippen LogP contribution in [0, 0.1) is 0 Å². The SMILES string of the molecule is CCN(CC)c1ccc(NC(=O)NC2CCCCCC2)cc1. The molecule has 2 rings (SSSR count). The van der Waals surface area contributed by atoms with Gasteiger partial charge in [-0.15, -0.1) is 0 Å². The maximum absolute atomic E-state index is 12.1. The Labute approximate surface area is 134 Å². The molecular weight excluding hydrogens is 274 g/mol. The Kier molecular flexibility index (Phi) is 6.56. The first-order valence-corrected chi connectivity index (χ1v) is 8.65. The van der Waals surface area contributed by atoms with Gasteiger partial charge in [0.25, 0.3) is 0 Å². The standard InChI is InChI=1S/C18H29N3O/c1-3-21(4-2)17-13-11-16(12-14-17)20-18(22)19-15-9-7-5-6-8-10-15/h11-15H,3-10H2,1-2H3,(H2,19,20,22). The zero-order valence-electron chi connectivity index (χ0n) is 13.9. The second kappa shape index (κ2) is 8.66. The van der Waals surface area contributed by atoms with Gasteiger partial charge in [0.1, 0.15) is 0 Å². The molecule has 0 bridgehead atoms. The zero-order valence-corrected chi connectivity index (χ0v) is 13.9. The molecular formula is C18H29N3O. The molecule has 2 amide bonds. The van der Waals surface area contributed by atoms with Crippen LogP contribution in [0.4, 0.5) is 16.2 Å². The monoisotopic (exact) mass is 303 g/mol. The van der Waals surface area contributed by atoms with Crippen LogP contribution in [0.1, 0.15) is 52.4 Å². The van der Waals surface area contributed by atoms with Gasteiger partial charge in [-0.3, -0.25) is 0 Å². The van der Waals surface area contributed by atoms with Crippen LogP contribution in [0.3, 0.4) is 0 Å². The highest BCUT2D eigenvalue weighted by molar-refractivity contribution is 5.89. The number of hydrogen-bond acceptors (Lipinski definition) is 2. The summed E-state index contributed by atoms with van der Waals surface area (Å²) in [5.74, 6) is 0. The third kappa shape index (κ3) is 4.93. The van der Waals surface area contributed by atoms with Gasteiger partial charge in [0.2, 0.25) is 0 Å². The van der Waals surface area contributed by atoms with Gasteiger partial charge in [-0.1, -0.05) is 25.7 Å². The van der Waals surface area contributed by atoms with Crippen molar-refractivity contribution in [3.8, 4) is 0 Å². The van der Waals surface area contributed by atoms with Gasteiger partial charge in [-0.25, -0.2) is 4.79 Å². The third-order valence-electron chi connectivity index (χ3n) is 4.44. The molecule has 0 radical (unpaired) electrons.